The zero-order valence-corrected chi connectivity index (χ0v) is 13.0. The molecule has 0 atom stereocenters. The minimum atomic E-state index is -0.508. The summed E-state index contributed by atoms with van der Waals surface area (Å²) in [7, 11) is 0. The van der Waals surface area contributed by atoms with Gasteiger partial charge in [0.05, 0.1) is 5.69 Å². The summed E-state index contributed by atoms with van der Waals surface area (Å²) in [6, 6.07) is 8.47. The number of carbonyl (C=O) groups excluding carboxylic acids is 2. The van der Waals surface area contributed by atoms with Gasteiger partial charge in [-0.2, -0.15) is 5.26 Å². The molecular formula is C16H20N4O2. The Kier molecular flexibility index (Phi) is 6.14. The van der Waals surface area contributed by atoms with E-state index in [1.807, 2.05) is 19.9 Å². The molecule has 0 heterocycles. The third-order valence-corrected chi connectivity index (χ3v) is 2.78. The molecule has 3 N–H and O–H groups in total. The Morgan fingerprint density at radius 2 is 2.14 bits per heavy atom. The van der Waals surface area contributed by atoms with E-state index in [2.05, 4.69) is 5.32 Å². The first-order chi connectivity index (χ1) is 10.3. The molecule has 6 nitrogen and oxygen atoms in total. The molecule has 1 aromatic carbocycles. The van der Waals surface area contributed by atoms with Crippen molar-refractivity contribution in [1.29, 1.82) is 5.26 Å². The second-order valence-corrected chi connectivity index (χ2v) is 5.24. The number of amides is 2. The van der Waals surface area contributed by atoms with Crippen LogP contribution in [0, 0.1) is 17.2 Å². The lowest BCUT2D eigenvalue weighted by molar-refractivity contribution is -0.117. The number of rotatable bonds is 5. The molecule has 6 heteroatoms. The number of carbonyl (C=O) groups is 2. The van der Waals surface area contributed by atoms with Crippen molar-refractivity contribution in [1.82, 2.24) is 5.32 Å². The molecule has 0 spiro atoms. The lowest BCUT2D eigenvalue weighted by atomic mass is 10.2. The molecule has 0 unspecified atom stereocenters. The smallest absolute Gasteiger partial charge is 0.263 e. The molecule has 0 aliphatic heterocycles. The van der Waals surface area contributed by atoms with E-state index < -0.39 is 5.91 Å². The summed E-state index contributed by atoms with van der Waals surface area (Å²) < 4.78 is 0. The predicted molar refractivity (Wildman–Crippen MR) is 85.6 cm³/mol. The van der Waals surface area contributed by atoms with Gasteiger partial charge in [0.15, 0.2) is 0 Å². The minimum absolute atomic E-state index is 0.140. The van der Waals surface area contributed by atoms with Crippen molar-refractivity contribution in [2.24, 2.45) is 5.92 Å². The molecule has 0 fully saturated rings. The van der Waals surface area contributed by atoms with Gasteiger partial charge in [0.25, 0.3) is 5.91 Å². The zero-order chi connectivity index (χ0) is 16.7. The van der Waals surface area contributed by atoms with Crippen molar-refractivity contribution in [2.45, 2.75) is 20.8 Å². The van der Waals surface area contributed by atoms with Crippen LogP contribution in [0.5, 0.6) is 0 Å². The van der Waals surface area contributed by atoms with Gasteiger partial charge in [0.2, 0.25) is 5.91 Å². The first kappa shape index (κ1) is 17.2. The highest BCUT2D eigenvalue weighted by Gasteiger charge is 2.15. The number of benzene rings is 1. The SMILES string of the molecule is CC(=O)N(/C=C(/C#N)C(=O)NCC(C)C)c1cccc(N)c1. The molecule has 1 rings (SSSR count). The Balaban J connectivity index is 3.07. The Morgan fingerprint density at radius 3 is 2.64 bits per heavy atom. The van der Waals surface area contributed by atoms with Gasteiger partial charge in [-0.25, -0.2) is 0 Å². The normalized spacial score (nSPS) is 11.0. The summed E-state index contributed by atoms with van der Waals surface area (Å²) in [6.45, 7) is 5.70. The molecule has 1 aromatic rings. The fourth-order valence-electron chi connectivity index (χ4n) is 1.68. The maximum Gasteiger partial charge on any atom is 0.263 e. The lowest BCUT2D eigenvalue weighted by Gasteiger charge is -2.17. The van der Waals surface area contributed by atoms with Crippen molar-refractivity contribution in [3.05, 3.63) is 36.0 Å². The van der Waals surface area contributed by atoms with E-state index in [9.17, 15) is 9.59 Å². The number of hydrogen-bond acceptors (Lipinski definition) is 4. The standard InChI is InChI=1S/C16H20N4O2/c1-11(2)9-19-16(22)13(8-17)10-20(12(3)21)15-6-4-5-14(18)7-15/h4-7,10-11H,9,18H2,1-3H3,(H,19,22)/b13-10-. The first-order valence-electron chi connectivity index (χ1n) is 6.90. The second-order valence-electron chi connectivity index (χ2n) is 5.24. The van der Waals surface area contributed by atoms with E-state index in [1.54, 1.807) is 24.3 Å². The quantitative estimate of drug-likeness (QED) is 0.492. The van der Waals surface area contributed by atoms with E-state index in [1.165, 1.54) is 18.0 Å². The largest absolute Gasteiger partial charge is 0.399 e. The summed E-state index contributed by atoms with van der Waals surface area (Å²) in [4.78, 5) is 25.0. The molecule has 0 bridgehead atoms. The van der Waals surface area contributed by atoms with Crippen LogP contribution in [0.25, 0.3) is 0 Å². The predicted octanol–water partition coefficient (Wildman–Crippen LogP) is 1.80. The molecule has 116 valence electrons. The van der Waals surface area contributed by atoms with E-state index in [4.69, 9.17) is 11.0 Å². The van der Waals surface area contributed by atoms with Crippen LogP contribution in [-0.2, 0) is 9.59 Å². The van der Waals surface area contributed by atoms with Crippen LogP contribution in [0.15, 0.2) is 36.0 Å². The monoisotopic (exact) mass is 300 g/mol. The molecule has 0 aliphatic rings. The van der Waals surface area contributed by atoms with Gasteiger partial charge in [-0.3, -0.25) is 14.5 Å². The van der Waals surface area contributed by atoms with Crippen LogP contribution in [0.2, 0.25) is 0 Å². The van der Waals surface area contributed by atoms with Crippen molar-refractivity contribution in [2.75, 3.05) is 17.2 Å². The van der Waals surface area contributed by atoms with E-state index >= 15 is 0 Å². The zero-order valence-electron chi connectivity index (χ0n) is 13.0. The lowest BCUT2D eigenvalue weighted by Crippen LogP contribution is -2.30. The van der Waals surface area contributed by atoms with Crippen molar-refractivity contribution >= 4 is 23.2 Å². The maximum absolute atomic E-state index is 12.0. The van der Waals surface area contributed by atoms with Crippen molar-refractivity contribution < 1.29 is 9.59 Å². The number of hydrogen-bond donors (Lipinski definition) is 2. The highest BCUT2D eigenvalue weighted by molar-refractivity contribution is 6.01. The molecular weight excluding hydrogens is 280 g/mol. The molecule has 0 saturated heterocycles. The third kappa shape index (κ3) is 4.94. The molecule has 0 aromatic heterocycles. The summed E-state index contributed by atoms with van der Waals surface area (Å²) in [5.41, 5.74) is 6.54. The van der Waals surface area contributed by atoms with Gasteiger partial charge in [0, 0.05) is 25.4 Å². The van der Waals surface area contributed by atoms with E-state index in [0.29, 0.717) is 17.9 Å². The maximum atomic E-state index is 12.0. The topological polar surface area (TPSA) is 99.2 Å². The molecule has 0 saturated carbocycles. The fourth-order valence-corrected chi connectivity index (χ4v) is 1.68. The van der Waals surface area contributed by atoms with Gasteiger partial charge < -0.3 is 11.1 Å². The molecule has 2 amide bonds. The highest BCUT2D eigenvalue weighted by atomic mass is 16.2. The Bertz CT molecular complexity index is 629. The Morgan fingerprint density at radius 1 is 1.45 bits per heavy atom. The van der Waals surface area contributed by atoms with E-state index in [0.717, 1.165) is 0 Å². The van der Waals surface area contributed by atoms with Gasteiger partial charge in [-0.15, -0.1) is 0 Å². The van der Waals surface area contributed by atoms with Crippen molar-refractivity contribution in [3.63, 3.8) is 0 Å². The fraction of sp³-hybridized carbons (Fsp3) is 0.312. The number of nitrogens with zero attached hydrogens (tertiary/aromatic N) is 2. The average molecular weight is 300 g/mol. The van der Waals surface area contributed by atoms with Crippen LogP contribution in [-0.4, -0.2) is 18.4 Å². The second kappa shape index (κ2) is 7.84. The molecule has 0 radical (unpaired) electrons. The van der Waals surface area contributed by atoms with Crippen LogP contribution < -0.4 is 16.0 Å². The number of nitrogens with one attached hydrogen (secondary N) is 1. The average Bonchev–Trinajstić information content (AvgIpc) is 2.45. The molecule has 22 heavy (non-hydrogen) atoms. The summed E-state index contributed by atoms with van der Waals surface area (Å²) in [5.74, 6) is -0.567. The van der Waals surface area contributed by atoms with Crippen LogP contribution >= 0.6 is 0 Å². The van der Waals surface area contributed by atoms with Crippen LogP contribution in [0.1, 0.15) is 20.8 Å². The van der Waals surface area contributed by atoms with Crippen LogP contribution in [0.4, 0.5) is 11.4 Å². The van der Waals surface area contributed by atoms with Crippen LogP contribution in [0.3, 0.4) is 0 Å². The van der Waals surface area contributed by atoms with Crippen molar-refractivity contribution in [3.8, 4) is 6.07 Å². The Hall–Kier alpha value is -2.81. The highest BCUT2D eigenvalue weighted by Crippen LogP contribution is 2.19. The third-order valence-electron chi connectivity index (χ3n) is 2.78. The molecule has 0 aliphatic carbocycles. The van der Waals surface area contributed by atoms with Gasteiger partial charge in [-0.05, 0) is 24.1 Å². The number of nitrogen functional groups attached to an aromatic ring is 1. The summed E-state index contributed by atoms with van der Waals surface area (Å²) in [6.07, 6.45) is 1.23. The number of nitrogens with two attached hydrogens (primary N) is 1. The minimum Gasteiger partial charge on any atom is -0.399 e. The van der Waals surface area contributed by atoms with Gasteiger partial charge in [0.1, 0.15) is 11.6 Å². The summed E-state index contributed by atoms with van der Waals surface area (Å²) in [5, 5.41) is 11.8. The van der Waals surface area contributed by atoms with Gasteiger partial charge in [-0.1, -0.05) is 19.9 Å². The number of nitriles is 1. The summed E-state index contributed by atoms with van der Waals surface area (Å²) >= 11 is 0. The van der Waals surface area contributed by atoms with Gasteiger partial charge >= 0.3 is 0 Å². The Labute approximate surface area is 130 Å². The number of anilines is 2. The van der Waals surface area contributed by atoms with E-state index in [-0.39, 0.29) is 17.4 Å². The first-order valence-corrected chi connectivity index (χ1v) is 6.90.